The number of amides is 2. The summed E-state index contributed by atoms with van der Waals surface area (Å²) >= 11 is 0. The van der Waals surface area contributed by atoms with Crippen molar-refractivity contribution in [1.29, 1.82) is 0 Å². The average Bonchev–Trinajstić information content (AvgIpc) is 3.04. The summed E-state index contributed by atoms with van der Waals surface area (Å²) < 4.78 is 1.71. The highest BCUT2D eigenvalue weighted by molar-refractivity contribution is 5.91. The molecule has 7 heteroatoms. The summed E-state index contributed by atoms with van der Waals surface area (Å²) in [5, 5.41) is 4.10. The molecule has 136 valence electrons. The zero-order valence-electron chi connectivity index (χ0n) is 14.8. The topological polar surface area (TPSA) is 84.5 Å². The number of fused-ring (bicyclic) bond motifs is 1. The van der Waals surface area contributed by atoms with Crippen LogP contribution in [0.4, 0.5) is 0 Å². The summed E-state index contributed by atoms with van der Waals surface area (Å²) in [6.45, 7) is 2.77. The Kier molecular flexibility index (Phi) is 5.53. The fraction of sp³-hybridized carbons (Fsp3) is 0.611. The minimum absolute atomic E-state index is 0.0349. The molecule has 3 heterocycles. The molecule has 2 aliphatic heterocycles. The van der Waals surface area contributed by atoms with Gasteiger partial charge in [-0.05, 0) is 37.8 Å². The third-order valence-corrected chi connectivity index (χ3v) is 5.20. The molecule has 2 saturated heterocycles. The second kappa shape index (κ2) is 7.82. The van der Waals surface area contributed by atoms with Crippen molar-refractivity contribution < 1.29 is 9.59 Å². The molecule has 0 bridgehead atoms. The number of nitrogens with two attached hydrogens (primary N) is 1. The van der Waals surface area contributed by atoms with E-state index in [0.717, 1.165) is 37.9 Å². The van der Waals surface area contributed by atoms with Crippen LogP contribution in [0, 0.1) is 5.92 Å². The Bertz CT molecular complexity index is 654. The first-order chi connectivity index (χ1) is 12.1. The van der Waals surface area contributed by atoms with Gasteiger partial charge in [0.05, 0.1) is 6.20 Å². The molecular weight excluding hydrogens is 318 g/mol. The molecule has 0 unspecified atom stereocenters. The molecule has 0 saturated carbocycles. The van der Waals surface area contributed by atoms with Crippen LogP contribution in [0.15, 0.2) is 18.5 Å². The fourth-order valence-electron chi connectivity index (χ4n) is 3.90. The Morgan fingerprint density at radius 3 is 3.00 bits per heavy atom. The molecular formula is C18H27N5O2. The number of carbonyl (C=O) groups excluding carboxylic acids is 2. The van der Waals surface area contributed by atoms with Crippen molar-refractivity contribution >= 4 is 17.9 Å². The van der Waals surface area contributed by atoms with E-state index < -0.39 is 0 Å². The van der Waals surface area contributed by atoms with Crippen molar-refractivity contribution in [3.63, 3.8) is 0 Å². The zero-order valence-corrected chi connectivity index (χ0v) is 14.8. The van der Waals surface area contributed by atoms with Gasteiger partial charge in [-0.2, -0.15) is 5.10 Å². The Morgan fingerprint density at radius 2 is 2.28 bits per heavy atom. The van der Waals surface area contributed by atoms with E-state index in [1.807, 2.05) is 23.0 Å². The maximum Gasteiger partial charge on any atom is 0.246 e. The monoisotopic (exact) mass is 345 g/mol. The molecule has 2 aliphatic rings. The summed E-state index contributed by atoms with van der Waals surface area (Å²) in [6.07, 6.45) is 10.2. The van der Waals surface area contributed by atoms with Gasteiger partial charge in [0.1, 0.15) is 0 Å². The maximum atomic E-state index is 12.5. The van der Waals surface area contributed by atoms with Gasteiger partial charge in [-0.25, -0.2) is 0 Å². The van der Waals surface area contributed by atoms with Gasteiger partial charge in [-0.15, -0.1) is 0 Å². The number of likely N-dealkylation sites (tertiary alicyclic amines) is 2. The smallest absolute Gasteiger partial charge is 0.246 e. The highest BCUT2D eigenvalue weighted by Crippen LogP contribution is 2.31. The summed E-state index contributed by atoms with van der Waals surface area (Å²) in [5.41, 5.74) is 6.52. The molecule has 1 aromatic heterocycles. The summed E-state index contributed by atoms with van der Waals surface area (Å²) in [5.74, 6) is 0.652. The molecule has 7 nitrogen and oxygen atoms in total. The maximum absolute atomic E-state index is 12.5. The number of piperidine rings is 2. The van der Waals surface area contributed by atoms with Crippen LogP contribution < -0.4 is 5.73 Å². The number of hydrogen-bond acceptors (Lipinski definition) is 4. The van der Waals surface area contributed by atoms with Gasteiger partial charge in [0, 0.05) is 57.0 Å². The van der Waals surface area contributed by atoms with E-state index >= 15 is 0 Å². The van der Waals surface area contributed by atoms with Crippen LogP contribution in [0.1, 0.15) is 31.2 Å². The van der Waals surface area contributed by atoms with Gasteiger partial charge in [0.25, 0.3) is 0 Å². The molecule has 0 aliphatic carbocycles. The largest absolute Gasteiger partial charge is 0.339 e. The van der Waals surface area contributed by atoms with Gasteiger partial charge < -0.3 is 15.5 Å². The molecule has 3 rings (SSSR count). The highest BCUT2D eigenvalue weighted by atomic mass is 16.2. The summed E-state index contributed by atoms with van der Waals surface area (Å²) in [7, 11) is 1.85. The van der Waals surface area contributed by atoms with Crippen molar-refractivity contribution in [2.45, 2.75) is 31.7 Å². The van der Waals surface area contributed by atoms with Gasteiger partial charge in [-0.3, -0.25) is 14.3 Å². The predicted octanol–water partition coefficient (Wildman–Crippen LogP) is 0.622. The van der Waals surface area contributed by atoms with Crippen LogP contribution in [0.3, 0.4) is 0 Å². The van der Waals surface area contributed by atoms with Crippen molar-refractivity contribution in [1.82, 2.24) is 19.6 Å². The Balaban J connectivity index is 1.60. The Labute approximate surface area is 148 Å². The summed E-state index contributed by atoms with van der Waals surface area (Å²) in [6, 6.07) is 0.263. The zero-order chi connectivity index (χ0) is 17.8. The molecule has 25 heavy (non-hydrogen) atoms. The van der Waals surface area contributed by atoms with Gasteiger partial charge in [-0.1, -0.05) is 0 Å². The quantitative estimate of drug-likeness (QED) is 0.793. The lowest BCUT2D eigenvalue weighted by molar-refractivity contribution is -0.143. The van der Waals surface area contributed by atoms with Crippen molar-refractivity contribution in [3.8, 4) is 0 Å². The van der Waals surface area contributed by atoms with Crippen LogP contribution in [-0.2, 0) is 16.6 Å². The van der Waals surface area contributed by atoms with Gasteiger partial charge >= 0.3 is 0 Å². The minimum Gasteiger partial charge on any atom is -0.339 e. The first kappa shape index (κ1) is 17.7. The van der Waals surface area contributed by atoms with E-state index in [1.54, 1.807) is 23.0 Å². The van der Waals surface area contributed by atoms with Crippen LogP contribution >= 0.6 is 0 Å². The van der Waals surface area contributed by atoms with Gasteiger partial charge in [0.2, 0.25) is 11.8 Å². The van der Waals surface area contributed by atoms with Crippen molar-refractivity contribution in [2.75, 3.05) is 26.2 Å². The number of rotatable bonds is 5. The third kappa shape index (κ3) is 4.10. The molecule has 1 aromatic rings. The second-order valence-corrected chi connectivity index (χ2v) is 6.95. The van der Waals surface area contributed by atoms with Crippen LogP contribution in [0.2, 0.25) is 0 Å². The van der Waals surface area contributed by atoms with E-state index in [0.29, 0.717) is 25.4 Å². The van der Waals surface area contributed by atoms with Crippen molar-refractivity contribution in [3.05, 3.63) is 24.0 Å². The number of aromatic nitrogens is 2. The second-order valence-electron chi connectivity index (χ2n) is 6.95. The van der Waals surface area contributed by atoms with E-state index in [1.165, 1.54) is 0 Å². The lowest BCUT2D eigenvalue weighted by Crippen LogP contribution is -2.57. The van der Waals surface area contributed by atoms with Crippen LogP contribution in [0.25, 0.3) is 6.08 Å². The van der Waals surface area contributed by atoms with E-state index in [2.05, 4.69) is 5.10 Å². The van der Waals surface area contributed by atoms with Crippen molar-refractivity contribution in [2.24, 2.45) is 18.7 Å². The minimum atomic E-state index is 0.0349. The first-order valence-electron chi connectivity index (χ1n) is 9.03. The highest BCUT2D eigenvalue weighted by Gasteiger charge is 2.39. The number of nitrogens with zero attached hydrogens (tertiary/aromatic N) is 4. The number of carbonyl (C=O) groups is 2. The molecule has 0 aromatic carbocycles. The third-order valence-electron chi connectivity index (χ3n) is 5.20. The number of aryl methyl sites for hydroxylation is 1. The molecule has 2 amide bonds. The SMILES string of the molecule is Cn1cc(/C=C/C(=O)N2CC[C@@H]3[C@@H](CCC(=O)N3CCCN)C2)cn1. The van der Waals surface area contributed by atoms with Crippen LogP contribution in [0.5, 0.6) is 0 Å². The molecule has 0 radical (unpaired) electrons. The van der Waals surface area contributed by atoms with Gasteiger partial charge in [0.15, 0.2) is 0 Å². The summed E-state index contributed by atoms with van der Waals surface area (Å²) in [4.78, 5) is 28.6. The number of hydrogen-bond donors (Lipinski definition) is 1. The molecule has 2 fully saturated rings. The van der Waals surface area contributed by atoms with Crippen LogP contribution in [-0.4, -0.2) is 63.6 Å². The first-order valence-corrected chi connectivity index (χ1v) is 9.03. The lowest BCUT2D eigenvalue weighted by atomic mass is 9.83. The lowest BCUT2D eigenvalue weighted by Gasteiger charge is -2.47. The fourth-order valence-corrected chi connectivity index (χ4v) is 3.90. The van der Waals surface area contributed by atoms with E-state index in [4.69, 9.17) is 5.73 Å². The predicted molar refractivity (Wildman–Crippen MR) is 95.3 cm³/mol. The molecule has 2 atom stereocenters. The van der Waals surface area contributed by atoms with E-state index in [9.17, 15) is 9.59 Å². The standard InChI is InChI=1S/C18H27N5O2/c1-21-12-14(11-20-21)3-5-17(24)22-10-7-16-15(13-22)4-6-18(25)23(16)9-2-8-19/h3,5,11-12,15-16H,2,4,6-10,13,19H2,1H3/b5-3+/t15-,16+/m0/s1. The average molecular weight is 345 g/mol. The Hall–Kier alpha value is -2.15. The normalized spacial score (nSPS) is 24.0. The molecule has 0 spiro atoms. The molecule has 2 N–H and O–H groups in total. The van der Waals surface area contributed by atoms with E-state index in [-0.39, 0.29) is 17.9 Å². The Morgan fingerprint density at radius 1 is 1.44 bits per heavy atom.